The van der Waals surface area contributed by atoms with Gasteiger partial charge in [0.1, 0.15) is 0 Å². The van der Waals surface area contributed by atoms with Gasteiger partial charge in [0.05, 0.1) is 5.00 Å². The SMILES string of the molecule is NCCC1CCCCN1c1cccs1. The summed E-state index contributed by atoms with van der Waals surface area (Å²) in [6, 6.07) is 5.04. The summed E-state index contributed by atoms with van der Waals surface area (Å²) in [6.07, 6.45) is 5.15. The average Bonchev–Trinajstić information content (AvgIpc) is 2.72. The maximum absolute atomic E-state index is 5.65. The third kappa shape index (κ3) is 2.10. The first-order valence-electron chi connectivity index (χ1n) is 5.42. The Labute approximate surface area is 89.7 Å². The lowest BCUT2D eigenvalue weighted by Crippen LogP contribution is -2.40. The molecule has 0 aromatic carbocycles. The molecule has 2 heterocycles. The summed E-state index contributed by atoms with van der Waals surface area (Å²) in [4.78, 5) is 2.54. The lowest BCUT2D eigenvalue weighted by Gasteiger charge is -2.36. The van der Waals surface area contributed by atoms with E-state index in [2.05, 4.69) is 22.4 Å². The van der Waals surface area contributed by atoms with Crippen LogP contribution in [0.2, 0.25) is 0 Å². The predicted octanol–water partition coefficient (Wildman–Crippen LogP) is 2.46. The fourth-order valence-corrected chi connectivity index (χ4v) is 3.05. The van der Waals surface area contributed by atoms with Gasteiger partial charge in [-0.3, -0.25) is 0 Å². The Balaban J connectivity index is 2.06. The monoisotopic (exact) mass is 210 g/mol. The van der Waals surface area contributed by atoms with E-state index in [0.717, 1.165) is 13.0 Å². The largest absolute Gasteiger partial charge is 0.360 e. The second-order valence-electron chi connectivity index (χ2n) is 3.87. The van der Waals surface area contributed by atoms with E-state index in [0.29, 0.717) is 6.04 Å². The van der Waals surface area contributed by atoms with E-state index in [1.54, 1.807) is 0 Å². The standard InChI is InChI=1S/C11H18N2S/c12-7-6-10-4-1-2-8-13(10)11-5-3-9-14-11/h3,5,9-10H,1-2,4,6-8,12H2. The summed E-state index contributed by atoms with van der Waals surface area (Å²) >= 11 is 1.84. The van der Waals surface area contributed by atoms with Crippen molar-refractivity contribution in [2.45, 2.75) is 31.7 Å². The van der Waals surface area contributed by atoms with Gasteiger partial charge in [0, 0.05) is 12.6 Å². The normalized spacial score (nSPS) is 22.6. The van der Waals surface area contributed by atoms with Crippen LogP contribution in [0.5, 0.6) is 0 Å². The number of anilines is 1. The highest BCUT2D eigenvalue weighted by molar-refractivity contribution is 7.14. The van der Waals surface area contributed by atoms with Gasteiger partial charge < -0.3 is 10.6 Å². The van der Waals surface area contributed by atoms with Gasteiger partial charge in [-0.25, -0.2) is 0 Å². The smallest absolute Gasteiger partial charge is 0.0910 e. The van der Waals surface area contributed by atoms with Crippen molar-refractivity contribution in [3.63, 3.8) is 0 Å². The molecule has 1 aliphatic heterocycles. The van der Waals surface area contributed by atoms with Crippen LogP contribution in [0, 0.1) is 0 Å². The van der Waals surface area contributed by atoms with Crippen molar-refractivity contribution in [2.75, 3.05) is 18.0 Å². The molecule has 1 atom stereocenters. The fourth-order valence-electron chi connectivity index (χ4n) is 2.22. The molecule has 0 spiro atoms. The van der Waals surface area contributed by atoms with Crippen LogP contribution in [-0.4, -0.2) is 19.1 Å². The maximum Gasteiger partial charge on any atom is 0.0910 e. The van der Waals surface area contributed by atoms with Crippen molar-refractivity contribution in [3.05, 3.63) is 17.5 Å². The van der Waals surface area contributed by atoms with Gasteiger partial charge in [-0.2, -0.15) is 0 Å². The summed E-state index contributed by atoms with van der Waals surface area (Å²) in [5, 5.41) is 3.58. The van der Waals surface area contributed by atoms with Crippen molar-refractivity contribution in [1.29, 1.82) is 0 Å². The molecule has 0 saturated carbocycles. The number of nitrogens with two attached hydrogens (primary N) is 1. The number of piperidine rings is 1. The van der Waals surface area contributed by atoms with Crippen molar-refractivity contribution in [1.82, 2.24) is 0 Å². The Hall–Kier alpha value is -0.540. The number of nitrogens with zero attached hydrogens (tertiary/aromatic N) is 1. The van der Waals surface area contributed by atoms with E-state index in [1.807, 2.05) is 11.3 Å². The molecule has 1 aromatic heterocycles. The van der Waals surface area contributed by atoms with Crippen LogP contribution < -0.4 is 10.6 Å². The summed E-state index contributed by atoms with van der Waals surface area (Å²) in [7, 11) is 0. The maximum atomic E-state index is 5.65. The molecule has 1 unspecified atom stereocenters. The highest BCUT2D eigenvalue weighted by atomic mass is 32.1. The molecule has 0 radical (unpaired) electrons. The Morgan fingerprint density at radius 2 is 2.43 bits per heavy atom. The Bertz CT molecular complexity index is 256. The molecular formula is C11H18N2S. The molecular weight excluding hydrogens is 192 g/mol. The Kier molecular flexibility index (Phi) is 3.43. The minimum atomic E-state index is 0.687. The van der Waals surface area contributed by atoms with Gasteiger partial charge in [0.15, 0.2) is 0 Å². The van der Waals surface area contributed by atoms with Crippen molar-refractivity contribution >= 4 is 16.3 Å². The summed E-state index contributed by atoms with van der Waals surface area (Å²) in [5.74, 6) is 0. The second kappa shape index (κ2) is 4.80. The van der Waals surface area contributed by atoms with Crippen LogP contribution in [-0.2, 0) is 0 Å². The highest BCUT2D eigenvalue weighted by Gasteiger charge is 2.22. The molecule has 0 amide bonds. The first-order chi connectivity index (χ1) is 6.92. The first-order valence-corrected chi connectivity index (χ1v) is 6.30. The van der Waals surface area contributed by atoms with Crippen LogP contribution in [0.1, 0.15) is 25.7 Å². The fraction of sp³-hybridized carbons (Fsp3) is 0.636. The van der Waals surface area contributed by atoms with E-state index < -0.39 is 0 Å². The van der Waals surface area contributed by atoms with E-state index in [1.165, 1.54) is 30.8 Å². The van der Waals surface area contributed by atoms with Crippen LogP contribution >= 0.6 is 11.3 Å². The topological polar surface area (TPSA) is 29.3 Å². The van der Waals surface area contributed by atoms with Gasteiger partial charge in [-0.15, -0.1) is 11.3 Å². The van der Waals surface area contributed by atoms with Crippen molar-refractivity contribution in [2.24, 2.45) is 5.73 Å². The van der Waals surface area contributed by atoms with Crippen LogP contribution in [0.4, 0.5) is 5.00 Å². The van der Waals surface area contributed by atoms with Gasteiger partial charge in [0.2, 0.25) is 0 Å². The van der Waals surface area contributed by atoms with E-state index in [-0.39, 0.29) is 0 Å². The molecule has 3 heteroatoms. The molecule has 1 fully saturated rings. The number of hydrogen-bond donors (Lipinski definition) is 1. The number of rotatable bonds is 3. The molecule has 0 aliphatic carbocycles. The average molecular weight is 210 g/mol. The summed E-state index contributed by atoms with van der Waals surface area (Å²) < 4.78 is 0. The third-order valence-electron chi connectivity index (χ3n) is 2.92. The molecule has 0 bridgehead atoms. The van der Waals surface area contributed by atoms with Gasteiger partial charge in [0.25, 0.3) is 0 Å². The van der Waals surface area contributed by atoms with Gasteiger partial charge in [-0.05, 0) is 49.7 Å². The molecule has 14 heavy (non-hydrogen) atoms. The van der Waals surface area contributed by atoms with Crippen LogP contribution in [0.3, 0.4) is 0 Å². The quantitative estimate of drug-likeness (QED) is 0.830. The molecule has 1 saturated heterocycles. The van der Waals surface area contributed by atoms with E-state index >= 15 is 0 Å². The number of thiophene rings is 1. The number of hydrogen-bond acceptors (Lipinski definition) is 3. The summed E-state index contributed by atoms with van der Waals surface area (Å²) in [6.45, 7) is 2.03. The first kappa shape index (κ1) is 9.99. The molecule has 2 rings (SSSR count). The molecule has 1 aromatic rings. The van der Waals surface area contributed by atoms with Gasteiger partial charge >= 0.3 is 0 Å². The molecule has 78 valence electrons. The lowest BCUT2D eigenvalue weighted by molar-refractivity contribution is 0.444. The second-order valence-corrected chi connectivity index (χ2v) is 4.80. The van der Waals surface area contributed by atoms with E-state index in [9.17, 15) is 0 Å². The zero-order chi connectivity index (χ0) is 9.80. The van der Waals surface area contributed by atoms with Crippen LogP contribution in [0.25, 0.3) is 0 Å². The zero-order valence-electron chi connectivity index (χ0n) is 8.48. The molecule has 1 aliphatic rings. The Morgan fingerprint density at radius 1 is 1.50 bits per heavy atom. The summed E-state index contributed by atoms with van der Waals surface area (Å²) in [5.41, 5.74) is 5.65. The predicted molar refractivity (Wildman–Crippen MR) is 63.0 cm³/mol. The molecule has 2 nitrogen and oxygen atoms in total. The molecule has 2 N–H and O–H groups in total. The third-order valence-corrected chi connectivity index (χ3v) is 3.82. The Morgan fingerprint density at radius 3 is 3.14 bits per heavy atom. The van der Waals surface area contributed by atoms with E-state index in [4.69, 9.17) is 5.73 Å². The van der Waals surface area contributed by atoms with Crippen LogP contribution in [0.15, 0.2) is 17.5 Å². The minimum Gasteiger partial charge on any atom is -0.360 e. The van der Waals surface area contributed by atoms with Gasteiger partial charge in [-0.1, -0.05) is 0 Å². The lowest BCUT2D eigenvalue weighted by atomic mass is 10.00. The highest BCUT2D eigenvalue weighted by Crippen LogP contribution is 2.29. The van der Waals surface area contributed by atoms with Crippen molar-refractivity contribution in [3.8, 4) is 0 Å². The zero-order valence-corrected chi connectivity index (χ0v) is 9.30. The minimum absolute atomic E-state index is 0.687. The van der Waals surface area contributed by atoms with Crippen molar-refractivity contribution < 1.29 is 0 Å².